The quantitative estimate of drug-likeness (QED) is 0.812. The number of nitriles is 1. The molecule has 0 bridgehead atoms. The highest BCUT2D eigenvalue weighted by molar-refractivity contribution is 6.58. The molecule has 2 aromatic rings. The molecular weight excluding hydrogens is 260 g/mol. The molecule has 0 saturated carbocycles. The lowest BCUT2D eigenvalue weighted by Crippen LogP contribution is -2.29. The minimum Gasteiger partial charge on any atom is -0.489 e. The summed E-state index contributed by atoms with van der Waals surface area (Å²) in [5, 5.41) is 26.6. The molecule has 4 nitrogen and oxygen atoms in total. The van der Waals surface area contributed by atoms with Crippen molar-refractivity contribution in [2.45, 2.75) is 6.61 Å². The first-order chi connectivity index (χ1) is 9.61. The molecule has 20 heavy (non-hydrogen) atoms. The Bertz CT molecular complexity index is 638. The van der Waals surface area contributed by atoms with Crippen LogP contribution in [0.25, 0.3) is 0 Å². The van der Waals surface area contributed by atoms with E-state index in [1.807, 2.05) is 0 Å². The van der Waals surface area contributed by atoms with Crippen LogP contribution in [0.4, 0.5) is 4.39 Å². The van der Waals surface area contributed by atoms with Gasteiger partial charge in [-0.15, -0.1) is 0 Å². The van der Waals surface area contributed by atoms with Gasteiger partial charge in [0.2, 0.25) is 0 Å². The summed E-state index contributed by atoms with van der Waals surface area (Å²) in [6.45, 7) is -0.0115. The summed E-state index contributed by atoms with van der Waals surface area (Å²) in [6, 6.07) is 12.4. The second-order valence-electron chi connectivity index (χ2n) is 4.12. The lowest BCUT2D eigenvalue weighted by atomic mass is 9.80. The van der Waals surface area contributed by atoms with E-state index in [0.29, 0.717) is 11.2 Å². The summed E-state index contributed by atoms with van der Waals surface area (Å²) in [6.07, 6.45) is 0. The number of hydrogen-bond donors (Lipinski definition) is 2. The number of nitrogens with zero attached hydrogens (tertiary/aromatic N) is 1. The molecule has 0 aliphatic rings. The normalized spacial score (nSPS) is 9.90. The molecule has 0 spiro atoms. The predicted octanol–water partition coefficient (Wildman–Crippen LogP) is 0.956. The highest BCUT2D eigenvalue weighted by atomic mass is 19.1. The first kappa shape index (κ1) is 14.1. The summed E-state index contributed by atoms with van der Waals surface area (Å²) < 4.78 is 19.2. The van der Waals surface area contributed by atoms with Crippen LogP contribution in [0.3, 0.4) is 0 Å². The zero-order valence-corrected chi connectivity index (χ0v) is 10.5. The highest BCUT2D eigenvalue weighted by Gasteiger charge is 2.11. The number of benzene rings is 2. The van der Waals surface area contributed by atoms with Crippen LogP contribution in [0.1, 0.15) is 11.1 Å². The smallest absolute Gasteiger partial charge is 0.488 e. The molecule has 0 amide bonds. The van der Waals surface area contributed by atoms with Crippen molar-refractivity contribution in [3.8, 4) is 11.8 Å². The molecule has 2 aromatic carbocycles. The molecule has 6 heteroatoms. The van der Waals surface area contributed by atoms with Crippen LogP contribution >= 0.6 is 0 Å². The lowest BCUT2D eigenvalue weighted by Gasteiger charge is -2.08. The zero-order valence-electron chi connectivity index (χ0n) is 10.5. The number of halogens is 1. The molecule has 0 saturated heterocycles. The molecule has 100 valence electrons. The third-order valence-corrected chi connectivity index (χ3v) is 2.77. The van der Waals surface area contributed by atoms with E-state index in [1.165, 1.54) is 18.2 Å². The van der Waals surface area contributed by atoms with Crippen LogP contribution in [0, 0.1) is 17.1 Å². The van der Waals surface area contributed by atoms with E-state index in [-0.39, 0.29) is 17.7 Å². The second kappa shape index (κ2) is 6.19. The largest absolute Gasteiger partial charge is 0.489 e. The Morgan fingerprint density at radius 1 is 1.15 bits per heavy atom. The monoisotopic (exact) mass is 271 g/mol. The van der Waals surface area contributed by atoms with Crippen molar-refractivity contribution in [1.29, 1.82) is 5.26 Å². The van der Waals surface area contributed by atoms with Crippen LogP contribution in [-0.2, 0) is 6.61 Å². The molecule has 0 unspecified atom stereocenters. The van der Waals surface area contributed by atoms with Crippen LogP contribution in [0.5, 0.6) is 5.75 Å². The van der Waals surface area contributed by atoms with Gasteiger partial charge in [-0.25, -0.2) is 4.39 Å². The Hall–Kier alpha value is -2.36. The fraction of sp³-hybridized carbons (Fsp3) is 0.0714. The van der Waals surface area contributed by atoms with Gasteiger partial charge in [0.05, 0.1) is 5.56 Å². The van der Waals surface area contributed by atoms with Crippen LogP contribution in [0.15, 0.2) is 42.5 Å². The predicted molar refractivity (Wildman–Crippen MR) is 71.7 cm³/mol. The van der Waals surface area contributed by atoms with Gasteiger partial charge in [0, 0.05) is 5.56 Å². The van der Waals surface area contributed by atoms with E-state index in [2.05, 4.69) is 0 Å². The van der Waals surface area contributed by atoms with Gasteiger partial charge in [-0.3, -0.25) is 0 Å². The molecular formula is C14H11BFNO3. The third-order valence-electron chi connectivity index (χ3n) is 2.77. The summed E-state index contributed by atoms with van der Waals surface area (Å²) in [5.74, 6) is -0.117. The standard InChI is InChI=1S/C14H11BFNO3/c16-14-10(8-17)2-1-3-11(14)9-20-13-6-4-12(5-7-13)15(18)19/h1-7,18-19H,9H2. The molecule has 0 heterocycles. The second-order valence-corrected chi connectivity index (χ2v) is 4.12. The molecule has 0 aromatic heterocycles. The number of hydrogen-bond acceptors (Lipinski definition) is 4. The van der Waals surface area contributed by atoms with Crippen LogP contribution < -0.4 is 10.2 Å². The topological polar surface area (TPSA) is 73.5 Å². The average molecular weight is 271 g/mol. The van der Waals surface area contributed by atoms with Gasteiger partial charge in [0.15, 0.2) is 0 Å². The lowest BCUT2D eigenvalue weighted by molar-refractivity contribution is 0.300. The van der Waals surface area contributed by atoms with Gasteiger partial charge in [-0.1, -0.05) is 24.3 Å². The third kappa shape index (κ3) is 3.15. The number of rotatable bonds is 4. The Morgan fingerprint density at radius 3 is 2.45 bits per heavy atom. The van der Waals surface area contributed by atoms with Crippen molar-refractivity contribution < 1.29 is 19.2 Å². The van der Waals surface area contributed by atoms with E-state index < -0.39 is 12.9 Å². The van der Waals surface area contributed by atoms with Crippen molar-refractivity contribution in [3.05, 3.63) is 59.4 Å². The van der Waals surface area contributed by atoms with Gasteiger partial charge in [0.1, 0.15) is 24.2 Å². The van der Waals surface area contributed by atoms with Crippen molar-refractivity contribution in [1.82, 2.24) is 0 Å². The average Bonchev–Trinajstić information content (AvgIpc) is 2.46. The van der Waals surface area contributed by atoms with Crippen molar-refractivity contribution >= 4 is 12.6 Å². The van der Waals surface area contributed by atoms with Gasteiger partial charge in [-0.2, -0.15) is 5.26 Å². The maximum absolute atomic E-state index is 13.8. The summed E-state index contributed by atoms with van der Waals surface area (Å²) >= 11 is 0. The molecule has 0 radical (unpaired) electrons. The van der Waals surface area contributed by atoms with E-state index in [4.69, 9.17) is 20.0 Å². The van der Waals surface area contributed by atoms with Crippen molar-refractivity contribution in [2.75, 3.05) is 0 Å². The molecule has 2 N–H and O–H groups in total. The zero-order chi connectivity index (χ0) is 14.5. The van der Waals surface area contributed by atoms with Crippen molar-refractivity contribution in [2.24, 2.45) is 0 Å². The van der Waals surface area contributed by atoms with Gasteiger partial charge < -0.3 is 14.8 Å². The Balaban J connectivity index is 2.07. The van der Waals surface area contributed by atoms with Gasteiger partial charge >= 0.3 is 7.12 Å². The van der Waals surface area contributed by atoms with Crippen LogP contribution in [-0.4, -0.2) is 17.2 Å². The van der Waals surface area contributed by atoms with E-state index in [1.54, 1.807) is 30.3 Å². The maximum atomic E-state index is 13.8. The first-order valence-electron chi connectivity index (χ1n) is 5.88. The van der Waals surface area contributed by atoms with Crippen molar-refractivity contribution in [3.63, 3.8) is 0 Å². The molecule has 0 atom stereocenters. The SMILES string of the molecule is N#Cc1cccc(COc2ccc(B(O)O)cc2)c1F. The molecule has 0 fully saturated rings. The minimum absolute atomic E-state index is 0.0115. The molecule has 2 rings (SSSR count). The molecule has 0 aliphatic carbocycles. The summed E-state index contributed by atoms with van der Waals surface area (Å²) in [7, 11) is -1.53. The van der Waals surface area contributed by atoms with Gasteiger partial charge in [0.25, 0.3) is 0 Å². The van der Waals surface area contributed by atoms with E-state index >= 15 is 0 Å². The summed E-state index contributed by atoms with van der Waals surface area (Å²) in [5.41, 5.74) is 0.607. The fourth-order valence-corrected chi connectivity index (χ4v) is 1.67. The summed E-state index contributed by atoms with van der Waals surface area (Å²) in [4.78, 5) is 0. The van der Waals surface area contributed by atoms with E-state index in [0.717, 1.165) is 0 Å². The number of ether oxygens (including phenoxy) is 1. The van der Waals surface area contributed by atoms with Crippen LogP contribution in [0.2, 0.25) is 0 Å². The Morgan fingerprint density at radius 2 is 1.85 bits per heavy atom. The first-order valence-corrected chi connectivity index (χ1v) is 5.88. The fourth-order valence-electron chi connectivity index (χ4n) is 1.67. The maximum Gasteiger partial charge on any atom is 0.488 e. The Labute approximate surface area is 115 Å². The highest BCUT2D eigenvalue weighted by Crippen LogP contribution is 2.15. The van der Waals surface area contributed by atoms with Gasteiger partial charge in [-0.05, 0) is 23.7 Å². The molecule has 0 aliphatic heterocycles. The Kier molecular flexibility index (Phi) is 4.36. The minimum atomic E-state index is -1.53. The van der Waals surface area contributed by atoms with E-state index in [9.17, 15) is 4.39 Å².